The summed E-state index contributed by atoms with van der Waals surface area (Å²) >= 11 is 12.1. The highest BCUT2D eigenvalue weighted by molar-refractivity contribution is 6.40. The zero-order valence-electron chi connectivity index (χ0n) is 17.7. The van der Waals surface area contributed by atoms with Crippen LogP contribution in [0, 0.1) is 0 Å². The first-order chi connectivity index (χ1) is 16.6. The summed E-state index contributed by atoms with van der Waals surface area (Å²) in [4.78, 5) is 32.9. The van der Waals surface area contributed by atoms with E-state index in [0.29, 0.717) is 5.56 Å². The van der Waals surface area contributed by atoms with E-state index >= 15 is 0 Å². The molecule has 1 aromatic carbocycles. The number of hydrogen-bond donors (Lipinski definition) is 2. The number of anilines is 1. The van der Waals surface area contributed by atoms with Gasteiger partial charge < -0.3 is 15.0 Å². The average Bonchev–Trinajstić information content (AvgIpc) is 3.18. The highest BCUT2D eigenvalue weighted by Gasteiger charge is 2.38. The van der Waals surface area contributed by atoms with Crippen LogP contribution in [0.15, 0.2) is 61.1 Å². The lowest BCUT2D eigenvalue weighted by Crippen LogP contribution is -2.26. The first-order valence-electron chi connectivity index (χ1n) is 10.1. The molecular formula is C23H16Cl2F3N5O2. The summed E-state index contributed by atoms with van der Waals surface area (Å²) in [5.74, 6) is -1.36. The van der Waals surface area contributed by atoms with Crippen molar-refractivity contribution in [2.75, 3.05) is 5.32 Å². The molecule has 180 valence electrons. The van der Waals surface area contributed by atoms with Gasteiger partial charge in [-0.05, 0) is 35.9 Å². The predicted molar refractivity (Wildman–Crippen MR) is 124 cm³/mol. The van der Waals surface area contributed by atoms with Crippen LogP contribution >= 0.6 is 23.2 Å². The molecule has 0 bridgehead atoms. The number of fused-ring (bicyclic) bond motifs is 1. The number of imidazole rings is 1. The van der Waals surface area contributed by atoms with Crippen LogP contribution in [0.25, 0.3) is 5.65 Å². The fourth-order valence-corrected chi connectivity index (χ4v) is 4.00. The van der Waals surface area contributed by atoms with Gasteiger partial charge in [0, 0.05) is 25.1 Å². The summed E-state index contributed by atoms with van der Waals surface area (Å²) in [7, 11) is 0. The van der Waals surface area contributed by atoms with Crippen LogP contribution < -0.4 is 10.6 Å². The van der Waals surface area contributed by atoms with E-state index in [1.807, 2.05) is 0 Å². The van der Waals surface area contributed by atoms with E-state index in [9.17, 15) is 22.8 Å². The Kier molecular flexibility index (Phi) is 6.95. The van der Waals surface area contributed by atoms with Crippen LogP contribution in [0.3, 0.4) is 0 Å². The highest BCUT2D eigenvalue weighted by Crippen LogP contribution is 2.34. The smallest absolute Gasteiger partial charge is 0.352 e. The summed E-state index contributed by atoms with van der Waals surface area (Å²) in [6, 6.07) is 10.7. The Balaban J connectivity index is 1.66. The number of nitrogens with zero attached hydrogens (tertiary/aromatic N) is 3. The topological polar surface area (TPSA) is 88.4 Å². The van der Waals surface area contributed by atoms with E-state index in [2.05, 4.69) is 20.6 Å². The van der Waals surface area contributed by atoms with Gasteiger partial charge in [-0.25, -0.2) is 4.98 Å². The van der Waals surface area contributed by atoms with Gasteiger partial charge >= 0.3 is 6.18 Å². The van der Waals surface area contributed by atoms with E-state index in [1.54, 1.807) is 24.4 Å². The Morgan fingerprint density at radius 2 is 1.77 bits per heavy atom. The van der Waals surface area contributed by atoms with E-state index in [1.165, 1.54) is 36.7 Å². The predicted octanol–water partition coefficient (Wildman–Crippen LogP) is 5.17. The summed E-state index contributed by atoms with van der Waals surface area (Å²) in [6.45, 7) is 0.102. The van der Waals surface area contributed by atoms with E-state index < -0.39 is 30.1 Å². The second-order valence-electron chi connectivity index (χ2n) is 7.39. The molecule has 0 atom stereocenters. The summed E-state index contributed by atoms with van der Waals surface area (Å²) < 4.78 is 42.6. The van der Waals surface area contributed by atoms with Crippen LogP contribution in [0.1, 0.15) is 27.3 Å². The minimum atomic E-state index is -4.84. The number of carbonyl (C=O) groups excluding carboxylic acids is 2. The van der Waals surface area contributed by atoms with Gasteiger partial charge in [-0.3, -0.25) is 14.6 Å². The molecule has 0 radical (unpaired) electrons. The second kappa shape index (κ2) is 9.93. The number of halogens is 5. The van der Waals surface area contributed by atoms with Gasteiger partial charge in [0.05, 0.1) is 33.4 Å². The first kappa shape index (κ1) is 24.5. The van der Waals surface area contributed by atoms with Gasteiger partial charge in [-0.2, -0.15) is 13.2 Å². The number of hydrogen-bond acceptors (Lipinski definition) is 4. The van der Waals surface area contributed by atoms with Crippen LogP contribution in [-0.4, -0.2) is 26.2 Å². The van der Waals surface area contributed by atoms with Gasteiger partial charge in [0.15, 0.2) is 11.3 Å². The molecule has 7 nitrogen and oxygen atoms in total. The number of benzene rings is 1. The van der Waals surface area contributed by atoms with E-state index in [0.717, 1.165) is 4.40 Å². The molecule has 0 aliphatic rings. The number of alkyl halides is 3. The first-order valence-corrected chi connectivity index (χ1v) is 10.9. The minimum Gasteiger partial charge on any atom is -0.352 e. The third-order valence-corrected chi connectivity index (χ3v) is 5.63. The number of pyridine rings is 2. The molecule has 3 heterocycles. The number of rotatable bonds is 6. The summed E-state index contributed by atoms with van der Waals surface area (Å²) in [5.41, 5.74) is -1.14. The molecule has 3 aromatic heterocycles. The van der Waals surface area contributed by atoms with E-state index in [4.69, 9.17) is 23.2 Å². The molecule has 0 unspecified atom stereocenters. The lowest BCUT2D eigenvalue weighted by Gasteiger charge is -2.10. The van der Waals surface area contributed by atoms with Crippen LogP contribution in [0.4, 0.5) is 18.9 Å². The van der Waals surface area contributed by atoms with Crippen molar-refractivity contribution in [3.63, 3.8) is 0 Å². The fraction of sp³-hybridized carbons (Fsp3) is 0.130. The van der Waals surface area contributed by atoms with Crippen LogP contribution in [0.2, 0.25) is 10.0 Å². The minimum absolute atomic E-state index is 0.0130. The van der Waals surface area contributed by atoms with Crippen molar-refractivity contribution in [1.29, 1.82) is 0 Å². The Morgan fingerprint density at radius 3 is 2.43 bits per heavy atom. The lowest BCUT2D eigenvalue weighted by atomic mass is 10.2. The summed E-state index contributed by atoms with van der Waals surface area (Å²) in [5, 5.41) is 5.24. The number of amides is 2. The summed E-state index contributed by atoms with van der Waals surface area (Å²) in [6.07, 6.45) is -0.993. The average molecular weight is 522 g/mol. The molecule has 0 fully saturated rings. The lowest BCUT2D eigenvalue weighted by molar-refractivity contribution is -0.141. The van der Waals surface area contributed by atoms with Gasteiger partial charge in [0.2, 0.25) is 5.91 Å². The second-order valence-corrected chi connectivity index (χ2v) is 8.20. The Labute approximate surface area is 206 Å². The molecule has 2 amide bonds. The van der Waals surface area contributed by atoms with Crippen molar-refractivity contribution in [3.05, 3.63) is 93.6 Å². The van der Waals surface area contributed by atoms with Crippen LogP contribution in [-0.2, 0) is 23.9 Å². The van der Waals surface area contributed by atoms with Crippen molar-refractivity contribution in [2.45, 2.75) is 19.1 Å². The van der Waals surface area contributed by atoms with Crippen LogP contribution in [0.5, 0.6) is 0 Å². The molecule has 4 rings (SSSR count). The fourth-order valence-electron chi connectivity index (χ4n) is 3.43. The Bertz CT molecular complexity index is 1390. The van der Waals surface area contributed by atoms with E-state index in [-0.39, 0.29) is 39.2 Å². The Hall–Kier alpha value is -3.63. The van der Waals surface area contributed by atoms with Crippen molar-refractivity contribution < 1.29 is 22.8 Å². The quantitative estimate of drug-likeness (QED) is 0.366. The molecule has 0 saturated carbocycles. The van der Waals surface area contributed by atoms with Gasteiger partial charge in [-0.1, -0.05) is 35.3 Å². The zero-order chi connectivity index (χ0) is 25.2. The molecule has 35 heavy (non-hydrogen) atoms. The third-order valence-electron chi connectivity index (χ3n) is 5.00. The molecule has 0 saturated heterocycles. The standard InChI is InChI=1S/C23H16Cl2F3N5O2/c24-14-5-1-6-15(25)19(14)22(35)31-16-7-3-9-33-17(20(23(26,27)28)32-21(16)33)10-18(34)30-12-13-4-2-8-29-11-13/h1-9,11H,10,12H2,(H,30,34)(H,31,35). The molecular weight excluding hydrogens is 506 g/mol. The number of nitrogens with one attached hydrogen (secondary N) is 2. The molecule has 0 aliphatic heterocycles. The van der Waals surface area contributed by atoms with Crippen molar-refractivity contribution in [1.82, 2.24) is 19.7 Å². The zero-order valence-corrected chi connectivity index (χ0v) is 19.2. The molecule has 0 aliphatic carbocycles. The maximum absolute atomic E-state index is 13.8. The molecule has 12 heteroatoms. The highest BCUT2D eigenvalue weighted by atomic mass is 35.5. The number of aromatic nitrogens is 3. The van der Waals surface area contributed by atoms with Crippen molar-refractivity contribution in [2.24, 2.45) is 0 Å². The Morgan fingerprint density at radius 1 is 1.03 bits per heavy atom. The molecule has 2 N–H and O–H groups in total. The monoisotopic (exact) mass is 521 g/mol. The number of carbonyl (C=O) groups is 2. The normalized spacial score (nSPS) is 11.5. The maximum Gasteiger partial charge on any atom is 0.435 e. The maximum atomic E-state index is 13.8. The van der Waals surface area contributed by atoms with Gasteiger partial charge in [0.1, 0.15) is 0 Å². The van der Waals surface area contributed by atoms with Crippen molar-refractivity contribution >= 4 is 46.4 Å². The third kappa shape index (κ3) is 5.39. The van der Waals surface area contributed by atoms with Crippen molar-refractivity contribution in [3.8, 4) is 0 Å². The molecule has 0 spiro atoms. The van der Waals surface area contributed by atoms with Gasteiger partial charge in [0.25, 0.3) is 5.91 Å². The SMILES string of the molecule is O=C(Cc1c(C(F)(F)F)nc2c(NC(=O)c3c(Cl)cccc3Cl)cccn12)NCc1cccnc1. The molecule has 4 aromatic rings. The largest absolute Gasteiger partial charge is 0.435 e. The van der Waals surface area contributed by atoms with Gasteiger partial charge in [-0.15, -0.1) is 0 Å².